The molecule has 4 N–H and O–H groups in total. The van der Waals surface area contributed by atoms with Gasteiger partial charge in [-0.2, -0.15) is 0 Å². The maximum Gasteiger partial charge on any atom is 0.159 e. The van der Waals surface area contributed by atoms with Gasteiger partial charge in [0.05, 0.1) is 18.8 Å². The summed E-state index contributed by atoms with van der Waals surface area (Å²) >= 11 is 0. The Kier molecular flexibility index (Phi) is 3.44. The summed E-state index contributed by atoms with van der Waals surface area (Å²) in [6.07, 6.45) is 0. The van der Waals surface area contributed by atoms with Gasteiger partial charge in [0.15, 0.2) is 5.79 Å². The van der Waals surface area contributed by atoms with Gasteiger partial charge in [-0.3, -0.25) is 0 Å². The molecule has 0 rings (SSSR count). The molecule has 4 heteroatoms. The van der Waals surface area contributed by atoms with E-state index in [1.165, 1.54) is 13.8 Å². The van der Waals surface area contributed by atoms with E-state index in [9.17, 15) is 0 Å². The second-order valence-corrected chi connectivity index (χ2v) is 3.55. The molecule has 0 radical (unpaired) electrons. The van der Waals surface area contributed by atoms with Crippen molar-refractivity contribution in [2.45, 2.75) is 32.1 Å². The zero-order valence-corrected chi connectivity index (χ0v) is 7.29. The Hall–Kier alpha value is -0.160. The molecular weight excluding hydrogens is 146 g/mol. The van der Waals surface area contributed by atoms with Crippen molar-refractivity contribution in [3.8, 4) is 0 Å². The third kappa shape index (κ3) is 6.25. The predicted molar refractivity (Wildman–Crippen MR) is 41.9 cm³/mol. The number of hydrogen-bond donors (Lipinski definition) is 3. The fourth-order valence-corrected chi connectivity index (χ4v) is 0.387. The highest BCUT2D eigenvalue weighted by molar-refractivity contribution is 4.77. The van der Waals surface area contributed by atoms with E-state index in [0.29, 0.717) is 0 Å². The molecule has 11 heavy (non-hydrogen) atoms. The third-order valence-corrected chi connectivity index (χ3v) is 1.12. The van der Waals surface area contributed by atoms with Crippen molar-refractivity contribution >= 4 is 0 Å². The summed E-state index contributed by atoms with van der Waals surface area (Å²) in [6.45, 7) is 4.65. The first-order chi connectivity index (χ1) is 4.77. The van der Waals surface area contributed by atoms with Crippen LogP contribution in [0.25, 0.3) is 0 Å². The van der Waals surface area contributed by atoms with Crippen molar-refractivity contribution in [3.05, 3.63) is 0 Å². The summed E-state index contributed by atoms with van der Waals surface area (Å²) in [7, 11) is 0. The van der Waals surface area contributed by atoms with E-state index in [2.05, 4.69) is 0 Å². The fraction of sp³-hybridized carbons (Fsp3) is 1.00. The van der Waals surface area contributed by atoms with Crippen LogP contribution in [0.5, 0.6) is 0 Å². The highest BCUT2D eigenvalue weighted by atomic mass is 16.6. The molecule has 0 amide bonds. The lowest BCUT2D eigenvalue weighted by molar-refractivity contribution is -0.186. The van der Waals surface area contributed by atoms with Crippen molar-refractivity contribution in [2.75, 3.05) is 13.2 Å². The van der Waals surface area contributed by atoms with E-state index in [-0.39, 0.29) is 13.2 Å². The van der Waals surface area contributed by atoms with Crippen LogP contribution >= 0.6 is 0 Å². The molecule has 0 aliphatic heterocycles. The van der Waals surface area contributed by atoms with Crippen LogP contribution in [0.2, 0.25) is 0 Å². The molecule has 0 heterocycles. The van der Waals surface area contributed by atoms with Gasteiger partial charge >= 0.3 is 0 Å². The lowest BCUT2D eigenvalue weighted by atomic mass is 10.1. The molecule has 1 unspecified atom stereocenters. The molecule has 1 atom stereocenters. The lowest BCUT2D eigenvalue weighted by Crippen LogP contribution is -2.47. The van der Waals surface area contributed by atoms with Crippen LogP contribution in [0, 0.1) is 0 Å². The molecule has 0 aromatic carbocycles. The number of nitrogens with two attached hydrogens (primary N) is 1. The standard InChI is InChI=1S/C7H17NO3/c1-6(2,10)11-5-7(3,8)4-9/h9-10H,4-5,8H2,1-3H3. The normalized spacial score (nSPS) is 18.0. The van der Waals surface area contributed by atoms with E-state index in [1.807, 2.05) is 0 Å². The molecule has 0 spiro atoms. The van der Waals surface area contributed by atoms with Gasteiger partial charge < -0.3 is 20.7 Å². The Morgan fingerprint density at radius 1 is 1.36 bits per heavy atom. The lowest BCUT2D eigenvalue weighted by Gasteiger charge is -2.26. The number of ether oxygens (including phenoxy) is 1. The average Bonchev–Trinajstić information content (AvgIpc) is 1.83. The smallest absolute Gasteiger partial charge is 0.159 e. The van der Waals surface area contributed by atoms with E-state index in [4.69, 9.17) is 20.7 Å². The van der Waals surface area contributed by atoms with Crippen molar-refractivity contribution in [3.63, 3.8) is 0 Å². The minimum absolute atomic E-state index is 0.132. The highest BCUT2D eigenvalue weighted by Gasteiger charge is 2.22. The first kappa shape index (κ1) is 10.8. The van der Waals surface area contributed by atoms with Gasteiger partial charge in [0.2, 0.25) is 0 Å². The van der Waals surface area contributed by atoms with E-state index >= 15 is 0 Å². The Balaban J connectivity index is 3.70. The molecule has 0 saturated heterocycles. The Morgan fingerprint density at radius 3 is 2.09 bits per heavy atom. The molecule has 4 nitrogen and oxygen atoms in total. The van der Waals surface area contributed by atoms with Gasteiger partial charge in [0.25, 0.3) is 0 Å². The van der Waals surface area contributed by atoms with Crippen LogP contribution in [0.4, 0.5) is 0 Å². The highest BCUT2D eigenvalue weighted by Crippen LogP contribution is 2.07. The van der Waals surface area contributed by atoms with Crippen LogP contribution < -0.4 is 5.73 Å². The van der Waals surface area contributed by atoms with Gasteiger partial charge in [-0.05, 0) is 20.8 Å². The summed E-state index contributed by atoms with van der Waals surface area (Å²) in [6, 6.07) is 0. The number of rotatable bonds is 4. The van der Waals surface area contributed by atoms with Crippen LogP contribution in [0.3, 0.4) is 0 Å². The van der Waals surface area contributed by atoms with Crippen LogP contribution in [-0.4, -0.2) is 34.8 Å². The van der Waals surface area contributed by atoms with E-state index in [1.54, 1.807) is 6.92 Å². The maximum absolute atomic E-state index is 9.12. The number of aliphatic hydroxyl groups is 2. The van der Waals surface area contributed by atoms with Crippen molar-refractivity contribution in [2.24, 2.45) is 5.73 Å². The SMILES string of the molecule is CC(N)(CO)COC(C)(C)O. The first-order valence-electron chi connectivity index (χ1n) is 3.53. The third-order valence-electron chi connectivity index (χ3n) is 1.12. The summed E-state index contributed by atoms with van der Waals surface area (Å²) in [5.74, 6) is -1.18. The van der Waals surface area contributed by atoms with Gasteiger partial charge in [-0.25, -0.2) is 0 Å². The molecule has 0 saturated carbocycles. The van der Waals surface area contributed by atoms with Gasteiger partial charge in [0.1, 0.15) is 0 Å². The quantitative estimate of drug-likeness (QED) is 0.486. The Labute approximate surface area is 67.0 Å². The molecular formula is C7H17NO3. The van der Waals surface area contributed by atoms with Gasteiger partial charge in [0, 0.05) is 0 Å². The fourth-order valence-electron chi connectivity index (χ4n) is 0.387. The molecule has 0 bridgehead atoms. The van der Waals surface area contributed by atoms with E-state index < -0.39 is 11.3 Å². The predicted octanol–water partition coefficient (Wildman–Crippen LogP) is -0.559. The minimum atomic E-state index is -1.18. The molecule has 0 aliphatic carbocycles. The maximum atomic E-state index is 9.12. The summed E-state index contributed by atoms with van der Waals surface area (Å²) in [5.41, 5.74) is 4.76. The van der Waals surface area contributed by atoms with Gasteiger partial charge in [-0.15, -0.1) is 0 Å². The Bertz CT molecular complexity index is 117. The minimum Gasteiger partial charge on any atom is -0.394 e. The second-order valence-electron chi connectivity index (χ2n) is 3.55. The van der Waals surface area contributed by atoms with Crippen molar-refractivity contribution < 1.29 is 14.9 Å². The van der Waals surface area contributed by atoms with Gasteiger partial charge in [-0.1, -0.05) is 0 Å². The molecule has 0 aliphatic rings. The second kappa shape index (κ2) is 3.49. The summed E-state index contributed by atoms with van der Waals surface area (Å²) < 4.78 is 4.96. The number of hydrogen-bond acceptors (Lipinski definition) is 4. The first-order valence-corrected chi connectivity index (χ1v) is 3.53. The molecule has 68 valence electrons. The molecule has 0 fully saturated rings. The zero-order valence-electron chi connectivity index (χ0n) is 7.29. The summed E-state index contributed by atoms with van der Waals surface area (Å²) in [5, 5.41) is 17.8. The van der Waals surface area contributed by atoms with Crippen LogP contribution in [0.15, 0.2) is 0 Å². The molecule has 0 aromatic heterocycles. The number of aliphatic hydroxyl groups excluding tert-OH is 1. The zero-order chi connectivity index (χ0) is 9.12. The summed E-state index contributed by atoms with van der Waals surface area (Å²) in [4.78, 5) is 0. The monoisotopic (exact) mass is 163 g/mol. The van der Waals surface area contributed by atoms with Crippen LogP contribution in [0.1, 0.15) is 20.8 Å². The van der Waals surface area contributed by atoms with Crippen molar-refractivity contribution in [1.82, 2.24) is 0 Å². The van der Waals surface area contributed by atoms with Crippen molar-refractivity contribution in [1.29, 1.82) is 0 Å². The largest absolute Gasteiger partial charge is 0.394 e. The topological polar surface area (TPSA) is 75.7 Å². The molecule has 0 aromatic rings. The van der Waals surface area contributed by atoms with E-state index in [0.717, 1.165) is 0 Å². The van der Waals surface area contributed by atoms with Crippen LogP contribution in [-0.2, 0) is 4.74 Å². The average molecular weight is 163 g/mol. The Morgan fingerprint density at radius 2 is 1.82 bits per heavy atom.